The first-order valence-electron chi connectivity index (χ1n) is 8.35. The molecule has 0 fully saturated rings. The van der Waals surface area contributed by atoms with E-state index in [-0.39, 0.29) is 35.8 Å². The van der Waals surface area contributed by atoms with Crippen LogP contribution in [0.25, 0.3) is 0 Å². The highest BCUT2D eigenvalue weighted by Gasteiger charge is 2.14. The van der Waals surface area contributed by atoms with Crippen molar-refractivity contribution in [3.05, 3.63) is 69.9 Å². The van der Waals surface area contributed by atoms with Gasteiger partial charge >= 0.3 is 0 Å². The normalized spacial score (nSPS) is 10.4. The summed E-state index contributed by atoms with van der Waals surface area (Å²) in [5.74, 6) is -0.721. The molecule has 0 aliphatic carbocycles. The van der Waals surface area contributed by atoms with E-state index in [1.165, 1.54) is 24.3 Å². The zero-order valence-corrected chi connectivity index (χ0v) is 15.8. The molecule has 0 saturated heterocycles. The third kappa shape index (κ3) is 5.58. The van der Waals surface area contributed by atoms with Crippen molar-refractivity contribution >= 4 is 28.8 Å². The largest absolute Gasteiger partial charge is 0.484 e. The lowest BCUT2D eigenvalue weighted by Gasteiger charge is -2.06. The molecule has 1 heterocycles. The van der Waals surface area contributed by atoms with Crippen molar-refractivity contribution < 1.29 is 18.7 Å². The lowest BCUT2D eigenvalue weighted by Crippen LogP contribution is -2.28. The number of carbonyl (C=O) groups is 2. The van der Waals surface area contributed by atoms with Gasteiger partial charge < -0.3 is 15.4 Å². The maximum Gasteiger partial charge on any atom is 0.286 e. The fourth-order valence-electron chi connectivity index (χ4n) is 2.14. The first kappa shape index (κ1) is 19.4. The van der Waals surface area contributed by atoms with Gasteiger partial charge in [0.1, 0.15) is 16.6 Å². The first-order chi connectivity index (χ1) is 13.5. The number of anilines is 1. The quantitative estimate of drug-likeness (QED) is 0.636. The van der Waals surface area contributed by atoms with E-state index in [1.54, 1.807) is 12.1 Å². The van der Waals surface area contributed by atoms with E-state index in [9.17, 15) is 14.0 Å². The smallest absolute Gasteiger partial charge is 0.286 e. The number of amides is 2. The second-order valence-electron chi connectivity index (χ2n) is 5.84. The fourth-order valence-corrected chi connectivity index (χ4v) is 2.82. The second-order valence-corrected chi connectivity index (χ2v) is 6.90. The van der Waals surface area contributed by atoms with Gasteiger partial charge in [-0.1, -0.05) is 29.0 Å². The molecule has 7 nitrogen and oxygen atoms in total. The average Bonchev–Trinajstić information content (AvgIpc) is 3.17. The molecule has 0 atom stereocenters. The lowest BCUT2D eigenvalue weighted by molar-refractivity contribution is -0.123. The Balaban J connectivity index is 1.45. The Morgan fingerprint density at radius 1 is 1.07 bits per heavy atom. The number of aryl methyl sites for hydroxylation is 1. The zero-order chi connectivity index (χ0) is 19.9. The molecule has 0 bridgehead atoms. The molecule has 0 aliphatic heterocycles. The number of aromatic nitrogens is 2. The summed E-state index contributed by atoms with van der Waals surface area (Å²) in [5.41, 5.74) is 1.76. The van der Waals surface area contributed by atoms with E-state index in [2.05, 4.69) is 20.8 Å². The van der Waals surface area contributed by atoms with Crippen LogP contribution in [-0.4, -0.2) is 28.6 Å². The van der Waals surface area contributed by atoms with Gasteiger partial charge in [-0.25, -0.2) is 4.39 Å². The van der Waals surface area contributed by atoms with Crippen LogP contribution in [0.3, 0.4) is 0 Å². The van der Waals surface area contributed by atoms with Crippen molar-refractivity contribution in [1.82, 2.24) is 15.5 Å². The summed E-state index contributed by atoms with van der Waals surface area (Å²) < 4.78 is 18.1. The molecule has 3 aromatic rings. The number of hydrogen-bond acceptors (Lipinski definition) is 6. The molecular formula is C19H17FN4O3S. The van der Waals surface area contributed by atoms with E-state index in [0.29, 0.717) is 16.4 Å². The highest BCUT2D eigenvalue weighted by molar-refractivity contribution is 7.13. The van der Waals surface area contributed by atoms with Crippen LogP contribution in [0.5, 0.6) is 5.75 Å². The first-order valence-corrected chi connectivity index (χ1v) is 9.17. The summed E-state index contributed by atoms with van der Waals surface area (Å²) in [6, 6.07) is 12.8. The van der Waals surface area contributed by atoms with E-state index in [0.717, 1.165) is 16.9 Å². The molecule has 0 aliphatic rings. The summed E-state index contributed by atoms with van der Waals surface area (Å²) in [6.07, 6.45) is 0. The van der Waals surface area contributed by atoms with E-state index in [1.807, 2.05) is 19.1 Å². The Morgan fingerprint density at radius 2 is 1.79 bits per heavy atom. The minimum absolute atomic E-state index is 0.126. The highest BCUT2D eigenvalue weighted by Crippen LogP contribution is 2.14. The average molecular weight is 400 g/mol. The predicted octanol–water partition coefficient (Wildman–Crippen LogP) is 2.93. The molecule has 2 amide bonds. The summed E-state index contributed by atoms with van der Waals surface area (Å²) in [4.78, 5) is 24.0. The fraction of sp³-hybridized carbons (Fsp3) is 0.158. The number of halogens is 1. The van der Waals surface area contributed by atoms with Crippen LogP contribution in [0.1, 0.15) is 20.4 Å². The van der Waals surface area contributed by atoms with Gasteiger partial charge in [-0.15, -0.1) is 10.2 Å². The van der Waals surface area contributed by atoms with E-state index >= 15 is 0 Å². The number of benzene rings is 2. The molecule has 0 spiro atoms. The van der Waals surface area contributed by atoms with Crippen LogP contribution in [0.4, 0.5) is 10.1 Å². The van der Waals surface area contributed by atoms with Gasteiger partial charge in [-0.05, 0) is 43.3 Å². The number of ether oxygens (including phenoxy) is 1. The number of hydrogen-bond donors (Lipinski definition) is 2. The number of rotatable bonds is 7. The molecule has 2 aromatic carbocycles. The van der Waals surface area contributed by atoms with Crippen molar-refractivity contribution in [2.75, 3.05) is 11.9 Å². The molecule has 2 N–H and O–H groups in total. The Kier molecular flexibility index (Phi) is 6.28. The molecule has 9 heteroatoms. The molecule has 144 valence electrons. The Labute approximate surface area is 164 Å². The molecule has 0 saturated carbocycles. The van der Waals surface area contributed by atoms with E-state index < -0.39 is 0 Å². The number of carbonyl (C=O) groups excluding carboxylic acids is 2. The van der Waals surface area contributed by atoms with Crippen LogP contribution < -0.4 is 15.4 Å². The molecule has 1 aromatic heterocycles. The van der Waals surface area contributed by atoms with Gasteiger partial charge in [0.15, 0.2) is 6.61 Å². The van der Waals surface area contributed by atoms with Crippen LogP contribution in [0, 0.1) is 12.7 Å². The third-order valence-corrected chi connectivity index (χ3v) is 4.51. The van der Waals surface area contributed by atoms with Gasteiger partial charge in [0.25, 0.3) is 11.8 Å². The predicted molar refractivity (Wildman–Crippen MR) is 103 cm³/mol. The van der Waals surface area contributed by atoms with Crippen LogP contribution in [0.2, 0.25) is 0 Å². The van der Waals surface area contributed by atoms with Crippen molar-refractivity contribution in [2.24, 2.45) is 0 Å². The Bertz CT molecular complexity index is 958. The molecule has 28 heavy (non-hydrogen) atoms. The second kappa shape index (κ2) is 9.05. The van der Waals surface area contributed by atoms with Crippen molar-refractivity contribution in [1.29, 1.82) is 0 Å². The van der Waals surface area contributed by atoms with Gasteiger partial charge in [0, 0.05) is 5.69 Å². The number of nitrogens with one attached hydrogen (secondary N) is 2. The van der Waals surface area contributed by atoms with Crippen LogP contribution >= 0.6 is 11.3 Å². The number of nitrogens with zero attached hydrogens (tertiary/aromatic N) is 2. The van der Waals surface area contributed by atoms with Crippen LogP contribution in [-0.2, 0) is 11.3 Å². The van der Waals surface area contributed by atoms with Crippen LogP contribution in [0.15, 0.2) is 48.5 Å². The minimum Gasteiger partial charge on any atom is -0.484 e. The Morgan fingerprint density at radius 3 is 2.50 bits per heavy atom. The van der Waals surface area contributed by atoms with Gasteiger partial charge in [0.05, 0.1) is 6.54 Å². The Hall–Kier alpha value is -3.33. The lowest BCUT2D eigenvalue weighted by atomic mass is 10.2. The van der Waals surface area contributed by atoms with Gasteiger partial charge in [-0.3, -0.25) is 9.59 Å². The maximum absolute atomic E-state index is 12.8. The summed E-state index contributed by atoms with van der Waals surface area (Å²) in [6.45, 7) is 1.87. The minimum atomic E-state index is -0.379. The summed E-state index contributed by atoms with van der Waals surface area (Å²) in [7, 11) is 0. The SMILES string of the molecule is Cc1ccc(NC(=O)c2nnc(CNC(=O)COc3ccc(F)cc3)s2)cc1. The zero-order valence-electron chi connectivity index (χ0n) is 14.9. The van der Waals surface area contributed by atoms with Crippen molar-refractivity contribution in [3.63, 3.8) is 0 Å². The molecular weight excluding hydrogens is 383 g/mol. The standard InChI is InChI=1S/C19H17FN4O3S/c1-12-2-6-14(7-3-12)22-18(26)19-24-23-17(28-19)10-21-16(25)11-27-15-8-4-13(20)5-9-15/h2-9H,10-11H2,1H3,(H,21,25)(H,22,26). The van der Waals surface area contributed by atoms with Crippen molar-refractivity contribution in [3.8, 4) is 5.75 Å². The maximum atomic E-state index is 12.8. The summed E-state index contributed by atoms with van der Waals surface area (Å²) in [5, 5.41) is 13.8. The van der Waals surface area contributed by atoms with Crippen molar-refractivity contribution in [2.45, 2.75) is 13.5 Å². The third-order valence-electron chi connectivity index (χ3n) is 3.59. The molecule has 0 radical (unpaired) electrons. The molecule has 0 unspecified atom stereocenters. The van der Waals surface area contributed by atoms with Gasteiger partial charge in [0.2, 0.25) is 5.01 Å². The molecule has 3 rings (SSSR count). The highest BCUT2D eigenvalue weighted by atomic mass is 32.1. The van der Waals surface area contributed by atoms with E-state index in [4.69, 9.17) is 4.74 Å². The topological polar surface area (TPSA) is 93.2 Å². The summed E-state index contributed by atoms with van der Waals surface area (Å²) >= 11 is 1.09. The van der Waals surface area contributed by atoms with Gasteiger partial charge in [-0.2, -0.15) is 0 Å². The monoisotopic (exact) mass is 400 g/mol.